The number of aromatic nitrogens is 1. The molecule has 0 unspecified atom stereocenters. The van der Waals surface area contributed by atoms with E-state index in [-0.39, 0.29) is 18.8 Å². The van der Waals surface area contributed by atoms with Gasteiger partial charge in [0.2, 0.25) is 5.91 Å². The molecular formula is C18H14F5N3O2. The summed E-state index contributed by atoms with van der Waals surface area (Å²) in [4.78, 5) is 14.7. The number of H-pyrrole nitrogens is 1. The van der Waals surface area contributed by atoms with Gasteiger partial charge in [0, 0.05) is 24.2 Å². The van der Waals surface area contributed by atoms with Crippen molar-refractivity contribution in [1.82, 2.24) is 10.3 Å². The van der Waals surface area contributed by atoms with Crippen molar-refractivity contribution in [2.24, 2.45) is 0 Å². The molecule has 0 atom stereocenters. The fraction of sp³-hybridized carbons (Fsp3) is 0.167. The maximum absolute atomic E-state index is 13.4. The monoisotopic (exact) mass is 399 g/mol. The molecule has 1 heterocycles. The second kappa shape index (κ2) is 7.75. The van der Waals surface area contributed by atoms with Crippen LogP contribution in [0.3, 0.4) is 0 Å². The highest BCUT2D eigenvalue weighted by Crippen LogP contribution is 2.25. The van der Waals surface area contributed by atoms with E-state index in [4.69, 9.17) is 0 Å². The first-order valence-corrected chi connectivity index (χ1v) is 8.02. The van der Waals surface area contributed by atoms with Gasteiger partial charge in [-0.05, 0) is 23.8 Å². The summed E-state index contributed by atoms with van der Waals surface area (Å²) in [6.45, 7) is -0.187. The summed E-state index contributed by atoms with van der Waals surface area (Å²) < 4.78 is 67.1. The maximum atomic E-state index is 13.4. The first kappa shape index (κ1) is 19.5. The number of hydrogen-bond donors (Lipinski definition) is 3. The third-order valence-corrected chi connectivity index (χ3v) is 3.78. The number of alkyl halides is 3. The predicted octanol–water partition coefficient (Wildman–Crippen LogP) is 4.07. The van der Waals surface area contributed by atoms with Gasteiger partial charge in [0.25, 0.3) is 0 Å². The molecule has 3 aromatic rings. The van der Waals surface area contributed by atoms with E-state index in [1.54, 1.807) is 0 Å². The lowest BCUT2D eigenvalue weighted by Gasteiger charge is -2.11. The third-order valence-electron chi connectivity index (χ3n) is 3.78. The highest BCUT2D eigenvalue weighted by Gasteiger charge is 2.31. The van der Waals surface area contributed by atoms with Crippen molar-refractivity contribution in [3.05, 3.63) is 59.8 Å². The van der Waals surface area contributed by atoms with Crippen LogP contribution in [0.15, 0.2) is 42.6 Å². The van der Waals surface area contributed by atoms with Gasteiger partial charge in [0.1, 0.15) is 5.75 Å². The fourth-order valence-corrected chi connectivity index (χ4v) is 2.55. The molecule has 1 aromatic heterocycles. The maximum Gasteiger partial charge on any atom is 0.573 e. The molecule has 0 aliphatic heterocycles. The summed E-state index contributed by atoms with van der Waals surface area (Å²) in [5, 5.41) is 5.70. The van der Waals surface area contributed by atoms with Crippen LogP contribution in [0.25, 0.3) is 10.9 Å². The summed E-state index contributed by atoms with van der Waals surface area (Å²) in [6, 6.07) is 7.24. The SMILES string of the molecule is O=C(CNc1c[nH]c2cc(F)c(F)cc12)NCc1cccc(OC(F)(F)F)c1. The molecule has 28 heavy (non-hydrogen) atoms. The lowest BCUT2D eigenvalue weighted by Crippen LogP contribution is -2.29. The van der Waals surface area contributed by atoms with Gasteiger partial charge in [0.05, 0.1) is 17.7 Å². The van der Waals surface area contributed by atoms with Crippen molar-refractivity contribution >= 4 is 22.5 Å². The van der Waals surface area contributed by atoms with E-state index in [9.17, 15) is 26.7 Å². The molecule has 10 heteroatoms. The molecule has 0 saturated carbocycles. The molecule has 148 valence electrons. The molecule has 5 nitrogen and oxygen atoms in total. The topological polar surface area (TPSA) is 66.2 Å². The Balaban J connectivity index is 1.55. The van der Waals surface area contributed by atoms with Crippen LogP contribution in [0.1, 0.15) is 5.56 Å². The molecule has 0 saturated heterocycles. The van der Waals surface area contributed by atoms with Crippen LogP contribution in [0.5, 0.6) is 5.75 Å². The van der Waals surface area contributed by atoms with Gasteiger partial charge < -0.3 is 20.4 Å². The molecule has 0 aliphatic rings. The van der Waals surface area contributed by atoms with Crippen molar-refractivity contribution in [2.45, 2.75) is 12.9 Å². The number of carbonyl (C=O) groups is 1. The van der Waals surface area contributed by atoms with Crippen LogP contribution in [0.2, 0.25) is 0 Å². The van der Waals surface area contributed by atoms with Crippen LogP contribution in [0, 0.1) is 11.6 Å². The van der Waals surface area contributed by atoms with Crippen LogP contribution >= 0.6 is 0 Å². The zero-order valence-electron chi connectivity index (χ0n) is 14.2. The van der Waals surface area contributed by atoms with Crippen molar-refractivity contribution in [1.29, 1.82) is 0 Å². The minimum Gasteiger partial charge on any atom is -0.406 e. The summed E-state index contributed by atoms with van der Waals surface area (Å²) in [6.07, 6.45) is -3.33. The fourth-order valence-electron chi connectivity index (χ4n) is 2.55. The minimum absolute atomic E-state index is 0.0106. The Morgan fingerprint density at radius 2 is 1.86 bits per heavy atom. The number of amides is 1. The molecule has 2 aromatic carbocycles. The van der Waals surface area contributed by atoms with Crippen LogP contribution in [-0.2, 0) is 11.3 Å². The van der Waals surface area contributed by atoms with Crippen molar-refractivity contribution in [3.63, 3.8) is 0 Å². The van der Waals surface area contributed by atoms with E-state index >= 15 is 0 Å². The van der Waals surface area contributed by atoms with Crippen LogP contribution < -0.4 is 15.4 Å². The number of ether oxygens (including phenoxy) is 1. The largest absolute Gasteiger partial charge is 0.573 e. The second-order valence-corrected chi connectivity index (χ2v) is 5.84. The van der Waals surface area contributed by atoms with Gasteiger partial charge >= 0.3 is 6.36 Å². The first-order chi connectivity index (χ1) is 13.2. The van der Waals surface area contributed by atoms with Crippen molar-refractivity contribution < 1.29 is 31.5 Å². The van der Waals surface area contributed by atoms with E-state index in [2.05, 4.69) is 20.4 Å². The van der Waals surface area contributed by atoms with Gasteiger partial charge in [-0.15, -0.1) is 13.2 Å². The second-order valence-electron chi connectivity index (χ2n) is 5.84. The normalized spacial score (nSPS) is 11.5. The Bertz CT molecular complexity index is 1000. The first-order valence-electron chi connectivity index (χ1n) is 8.02. The Morgan fingerprint density at radius 1 is 1.11 bits per heavy atom. The number of anilines is 1. The zero-order chi connectivity index (χ0) is 20.3. The average molecular weight is 399 g/mol. The van der Waals surface area contributed by atoms with Crippen molar-refractivity contribution in [2.75, 3.05) is 11.9 Å². The predicted molar refractivity (Wildman–Crippen MR) is 91.7 cm³/mol. The Hall–Kier alpha value is -3.30. The van der Waals surface area contributed by atoms with Gasteiger partial charge in [-0.2, -0.15) is 0 Å². The molecule has 3 rings (SSSR count). The van der Waals surface area contributed by atoms with Gasteiger partial charge in [0.15, 0.2) is 11.6 Å². The Morgan fingerprint density at radius 3 is 2.61 bits per heavy atom. The van der Waals surface area contributed by atoms with Crippen molar-refractivity contribution in [3.8, 4) is 5.75 Å². The molecule has 0 fully saturated rings. The lowest BCUT2D eigenvalue weighted by atomic mass is 10.2. The zero-order valence-corrected chi connectivity index (χ0v) is 14.2. The molecular weight excluding hydrogens is 385 g/mol. The number of fused-ring (bicyclic) bond motifs is 1. The molecule has 0 spiro atoms. The summed E-state index contributed by atoms with van der Waals surface area (Å²) >= 11 is 0. The number of nitrogens with one attached hydrogen (secondary N) is 3. The van der Waals surface area contributed by atoms with E-state index in [1.165, 1.54) is 18.3 Å². The molecule has 0 bridgehead atoms. The highest BCUT2D eigenvalue weighted by atomic mass is 19.4. The summed E-state index contributed by atoms with van der Waals surface area (Å²) in [5.74, 6) is -2.83. The molecule has 0 radical (unpaired) electrons. The number of hydrogen-bond acceptors (Lipinski definition) is 3. The number of aromatic amines is 1. The van der Waals surface area contributed by atoms with E-state index < -0.39 is 23.9 Å². The Kier molecular flexibility index (Phi) is 5.39. The minimum atomic E-state index is -4.80. The van der Waals surface area contributed by atoms with Crippen LogP contribution in [0.4, 0.5) is 27.6 Å². The van der Waals surface area contributed by atoms with Crippen LogP contribution in [-0.4, -0.2) is 23.8 Å². The van der Waals surface area contributed by atoms with Gasteiger partial charge in [-0.3, -0.25) is 4.79 Å². The summed E-state index contributed by atoms with van der Waals surface area (Å²) in [7, 11) is 0. The standard InChI is InChI=1S/C18H14F5N3O2/c19-13-5-12-15(6-14(13)20)24-8-16(12)25-9-17(27)26-7-10-2-1-3-11(4-10)28-18(21,22)23/h1-6,8,24-25H,7,9H2,(H,26,27). The Labute approximate surface area is 155 Å². The quantitative estimate of drug-likeness (QED) is 0.548. The lowest BCUT2D eigenvalue weighted by molar-refractivity contribution is -0.274. The summed E-state index contributed by atoms with van der Waals surface area (Å²) in [5.41, 5.74) is 1.19. The number of benzene rings is 2. The number of carbonyl (C=O) groups excluding carboxylic acids is 1. The molecule has 1 amide bonds. The van der Waals surface area contributed by atoms with E-state index in [1.807, 2.05) is 0 Å². The number of rotatable bonds is 6. The third kappa shape index (κ3) is 4.90. The van der Waals surface area contributed by atoms with Gasteiger partial charge in [-0.25, -0.2) is 8.78 Å². The molecule has 3 N–H and O–H groups in total. The smallest absolute Gasteiger partial charge is 0.406 e. The van der Waals surface area contributed by atoms with E-state index in [0.29, 0.717) is 22.2 Å². The van der Waals surface area contributed by atoms with Gasteiger partial charge in [-0.1, -0.05) is 12.1 Å². The molecule has 0 aliphatic carbocycles. The van der Waals surface area contributed by atoms with E-state index in [0.717, 1.165) is 24.3 Å². The number of halogens is 5. The average Bonchev–Trinajstić information content (AvgIpc) is 2.99. The highest BCUT2D eigenvalue weighted by molar-refractivity contribution is 5.94.